The van der Waals surface area contributed by atoms with E-state index in [9.17, 15) is 19.2 Å². The van der Waals surface area contributed by atoms with Crippen LogP contribution < -0.4 is 10.6 Å². The largest absolute Gasteiger partial charge is 0.508 e. The van der Waals surface area contributed by atoms with Gasteiger partial charge in [-0.2, -0.15) is 0 Å². The normalized spacial score (nSPS) is 12.8. The van der Waals surface area contributed by atoms with Crippen LogP contribution in [-0.2, 0) is 41.8 Å². The van der Waals surface area contributed by atoms with E-state index in [1.54, 1.807) is 32.9 Å². The Morgan fingerprint density at radius 1 is 0.725 bits per heavy atom. The number of rotatable bonds is 11. The number of hydrogen-bond donors (Lipinski definition) is 2. The summed E-state index contributed by atoms with van der Waals surface area (Å²) in [6, 6.07) is 16.2. The van der Waals surface area contributed by atoms with E-state index in [0.717, 1.165) is 11.1 Å². The summed E-state index contributed by atoms with van der Waals surface area (Å²) in [5, 5.41) is 5.24. The Balaban J connectivity index is 2.04. The van der Waals surface area contributed by atoms with Crippen molar-refractivity contribution in [1.29, 1.82) is 0 Å². The van der Waals surface area contributed by atoms with Crippen LogP contribution in [0.15, 0.2) is 60.7 Å². The van der Waals surface area contributed by atoms with E-state index in [1.165, 1.54) is 0 Å². The van der Waals surface area contributed by atoms with Crippen LogP contribution in [0.25, 0.3) is 0 Å². The highest BCUT2D eigenvalue weighted by Crippen LogP contribution is 2.20. The zero-order valence-electron chi connectivity index (χ0n) is 24.0. The van der Waals surface area contributed by atoms with Gasteiger partial charge in [0, 0.05) is 0 Å². The number of carbonyl (C=O) groups excluding carboxylic acids is 4. The molecule has 0 saturated heterocycles. The van der Waals surface area contributed by atoms with Crippen molar-refractivity contribution < 1.29 is 38.1 Å². The van der Waals surface area contributed by atoms with E-state index in [4.69, 9.17) is 18.9 Å². The molecular weight excluding hydrogens is 516 g/mol. The van der Waals surface area contributed by atoms with Gasteiger partial charge in [0.2, 0.25) is 5.91 Å². The Morgan fingerprint density at radius 2 is 1.25 bits per heavy atom. The van der Waals surface area contributed by atoms with Gasteiger partial charge in [0.25, 0.3) is 0 Å². The van der Waals surface area contributed by atoms with Gasteiger partial charge in [-0.3, -0.25) is 9.59 Å². The van der Waals surface area contributed by atoms with Crippen LogP contribution >= 0.6 is 0 Å². The number of nitrogens with one attached hydrogen (secondary N) is 2. The molecule has 0 spiro atoms. The SMILES string of the molecule is CC(C)(C)OC(=O)N[C@H](CC(=O)OCc1ccccc1)C(=O)N[C@@H](COC(=O)OCc1ccccc1)C(C)(C)C. The molecule has 2 aromatic carbocycles. The fourth-order valence-corrected chi connectivity index (χ4v) is 3.31. The first-order valence-electron chi connectivity index (χ1n) is 13.1. The van der Waals surface area contributed by atoms with Crippen molar-refractivity contribution in [2.24, 2.45) is 5.41 Å². The minimum absolute atomic E-state index is 0.0179. The van der Waals surface area contributed by atoms with Gasteiger partial charge in [0.05, 0.1) is 12.5 Å². The summed E-state index contributed by atoms with van der Waals surface area (Å²) in [6.07, 6.45) is -2.19. The molecule has 2 rings (SSSR count). The molecule has 0 fully saturated rings. The Kier molecular flexibility index (Phi) is 12.0. The molecule has 0 aliphatic carbocycles. The van der Waals surface area contributed by atoms with Crippen LogP contribution in [0.5, 0.6) is 0 Å². The van der Waals surface area contributed by atoms with Crippen LogP contribution in [0, 0.1) is 5.41 Å². The van der Waals surface area contributed by atoms with Crippen LogP contribution in [0.2, 0.25) is 0 Å². The molecule has 0 aliphatic rings. The molecule has 40 heavy (non-hydrogen) atoms. The molecule has 0 aliphatic heterocycles. The molecule has 0 heterocycles. The zero-order chi connectivity index (χ0) is 29.8. The summed E-state index contributed by atoms with van der Waals surface area (Å²) in [5.41, 5.74) is 0.205. The number of alkyl carbamates (subject to hydrolysis) is 1. The maximum atomic E-state index is 13.3. The third kappa shape index (κ3) is 12.6. The van der Waals surface area contributed by atoms with Crippen molar-refractivity contribution in [3.05, 3.63) is 71.8 Å². The van der Waals surface area contributed by atoms with Gasteiger partial charge in [-0.15, -0.1) is 0 Å². The van der Waals surface area contributed by atoms with E-state index >= 15 is 0 Å². The highest BCUT2D eigenvalue weighted by atomic mass is 16.7. The van der Waals surface area contributed by atoms with Gasteiger partial charge >= 0.3 is 18.2 Å². The van der Waals surface area contributed by atoms with Gasteiger partial charge in [-0.1, -0.05) is 81.4 Å². The molecule has 2 amide bonds. The summed E-state index contributed by atoms with van der Waals surface area (Å²) in [6.45, 7) is 10.5. The first-order chi connectivity index (χ1) is 18.7. The molecule has 2 N–H and O–H groups in total. The smallest absolute Gasteiger partial charge is 0.461 e. The lowest BCUT2D eigenvalue weighted by atomic mass is 9.87. The molecule has 10 nitrogen and oxygen atoms in total. The fraction of sp³-hybridized carbons (Fsp3) is 0.467. The summed E-state index contributed by atoms with van der Waals surface area (Å²) < 4.78 is 21.0. The second-order valence-corrected chi connectivity index (χ2v) is 11.3. The summed E-state index contributed by atoms with van der Waals surface area (Å²) in [5.74, 6) is -1.35. The summed E-state index contributed by atoms with van der Waals surface area (Å²) in [7, 11) is 0. The molecule has 10 heteroatoms. The van der Waals surface area contributed by atoms with E-state index in [2.05, 4.69) is 10.6 Å². The van der Waals surface area contributed by atoms with Crippen molar-refractivity contribution in [2.75, 3.05) is 6.61 Å². The highest BCUT2D eigenvalue weighted by molar-refractivity contribution is 5.89. The minimum atomic E-state index is -1.30. The number of ether oxygens (including phenoxy) is 4. The van der Waals surface area contributed by atoms with Crippen LogP contribution in [0.1, 0.15) is 59.1 Å². The summed E-state index contributed by atoms with van der Waals surface area (Å²) >= 11 is 0. The van der Waals surface area contributed by atoms with Crippen molar-refractivity contribution in [2.45, 2.75) is 78.9 Å². The highest BCUT2D eigenvalue weighted by Gasteiger charge is 2.33. The zero-order valence-corrected chi connectivity index (χ0v) is 24.0. The van der Waals surface area contributed by atoms with Crippen molar-refractivity contribution in [1.82, 2.24) is 10.6 Å². The van der Waals surface area contributed by atoms with E-state index < -0.39 is 53.6 Å². The lowest BCUT2D eigenvalue weighted by Crippen LogP contribution is -2.55. The average molecular weight is 557 g/mol. The Morgan fingerprint density at radius 3 is 1.75 bits per heavy atom. The Bertz CT molecular complexity index is 1110. The van der Waals surface area contributed by atoms with Crippen LogP contribution in [-0.4, -0.2) is 48.4 Å². The monoisotopic (exact) mass is 556 g/mol. The van der Waals surface area contributed by atoms with Crippen LogP contribution in [0.4, 0.5) is 9.59 Å². The third-order valence-corrected chi connectivity index (χ3v) is 5.55. The number of hydrogen-bond acceptors (Lipinski definition) is 8. The first-order valence-corrected chi connectivity index (χ1v) is 13.1. The first kappa shape index (κ1) is 32.1. The van der Waals surface area contributed by atoms with Gasteiger partial charge in [0.1, 0.15) is 31.5 Å². The second kappa shape index (κ2) is 14.9. The average Bonchev–Trinajstić information content (AvgIpc) is 2.87. The number of esters is 1. The molecular formula is C30H40N2O8. The Labute approximate surface area is 235 Å². The van der Waals surface area contributed by atoms with Gasteiger partial charge in [-0.25, -0.2) is 9.59 Å². The standard InChI is InChI=1S/C30H40N2O8/c1-29(2,3)24(20-39-28(36)38-19-22-15-11-8-12-16-22)32-26(34)23(31-27(35)40-30(4,5)6)17-25(33)37-18-21-13-9-7-10-14-21/h7-16,23-24H,17-20H2,1-6H3,(H,31,35)(H,32,34)/t23-,24+/m1/s1. The minimum Gasteiger partial charge on any atom is -0.461 e. The molecule has 0 radical (unpaired) electrons. The number of carbonyl (C=O) groups is 4. The summed E-state index contributed by atoms with van der Waals surface area (Å²) in [4.78, 5) is 50.6. The van der Waals surface area contributed by atoms with Gasteiger partial charge < -0.3 is 29.6 Å². The lowest BCUT2D eigenvalue weighted by molar-refractivity contribution is -0.147. The maximum absolute atomic E-state index is 13.3. The molecule has 2 aromatic rings. The lowest BCUT2D eigenvalue weighted by Gasteiger charge is -2.32. The number of amides is 2. The van der Waals surface area contributed by atoms with Crippen molar-refractivity contribution in [3.63, 3.8) is 0 Å². The van der Waals surface area contributed by atoms with Crippen molar-refractivity contribution >= 4 is 24.1 Å². The maximum Gasteiger partial charge on any atom is 0.508 e. The quantitative estimate of drug-likeness (QED) is 0.295. The third-order valence-electron chi connectivity index (χ3n) is 5.55. The molecule has 0 unspecified atom stereocenters. The van der Waals surface area contributed by atoms with Gasteiger partial charge in [0.15, 0.2) is 0 Å². The Hall–Kier alpha value is -4.08. The van der Waals surface area contributed by atoms with Crippen LogP contribution in [0.3, 0.4) is 0 Å². The molecule has 0 bridgehead atoms. The fourth-order valence-electron chi connectivity index (χ4n) is 3.31. The molecule has 2 atom stereocenters. The van der Waals surface area contributed by atoms with E-state index in [-0.39, 0.29) is 19.8 Å². The molecule has 0 saturated carbocycles. The predicted molar refractivity (Wildman–Crippen MR) is 148 cm³/mol. The van der Waals surface area contributed by atoms with Crippen molar-refractivity contribution in [3.8, 4) is 0 Å². The van der Waals surface area contributed by atoms with E-state index in [1.807, 2.05) is 69.3 Å². The molecule has 218 valence electrons. The number of benzene rings is 2. The molecule has 0 aromatic heterocycles. The van der Waals surface area contributed by atoms with E-state index in [0.29, 0.717) is 0 Å². The van der Waals surface area contributed by atoms with Gasteiger partial charge in [-0.05, 0) is 37.3 Å². The predicted octanol–water partition coefficient (Wildman–Crippen LogP) is 4.90. The topological polar surface area (TPSA) is 129 Å². The second-order valence-electron chi connectivity index (χ2n) is 11.3.